The number of carbonyl (C=O) groups excluding carboxylic acids is 2. The van der Waals surface area contributed by atoms with Gasteiger partial charge in [-0.1, -0.05) is 0 Å². The molecule has 0 aliphatic carbocycles. The molecule has 2 aromatic carbocycles. The van der Waals surface area contributed by atoms with Crippen LogP contribution in [-0.2, 0) is 11.3 Å². The molecule has 0 spiro atoms. The first-order valence-corrected chi connectivity index (χ1v) is 10.5. The van der Waals surface area contributed by atoms with Gasteiger partial charge in [0.15, 0.2) is 0 Å². The zero-order chi connectivity index (χ0) is 24.1. The van der Waals surface area contributed by atoms with E-state index in [9.17, 15) is 19.7 Å². The van der Waals surface area contributed by atoms with Gasteiger partial charge in [-0.15, -0.1) is 0 Å². The van der Waals surface area contributed by atoms with Gasteiger partial charge in [0, 0.05) is 12.1 Å². The minimum atomic E-state index is -0.633. The van der Waals surface area contributed by atoms with Gasteiger partial charge < -0.3 is 4.74 Å². The maximum absolute atomic E-state index is 12.2. The van der Waals surface area contributed by atoms with Crippen molar-refractivity contribution in [3.05, 3.63) is 85.6 Å². The molecule has 0 aliphatic heterocycles. The lowest BCUT2D eigenvalue weighted by Gasteiger charge is -2.07. The van der Waals surface area contributed by atoms with Crippen LogP contribution in [0.25, 0.3) is 0 Å². The van der Waals surface area contributed by atoms with E-state index in [1.807, 2.05) is 13.8 Å². The number of esters is 1. The number of aryl methyl sites for hydroxylation is 1. The third kappa shape index (κ3) is 5.89. The molecule has 0 saturated heterocycles. The number of aromatic nitrogens is 2. The van der Waals surface area contributed by atoms with Crippen molar-refractivity contribution in [2.75, 3.05) is 0 Å². The molecule has 0 bridgehead atoms. The first kappa shape index (κ1) is 23.8. The number of rotatable bonds is 7. The van der Waals surface area contributed by atoms with E-state index in [0.29, 0.717) is 11.5 Å². The molecule has 11 heteroatoms. The molecule has 0 saturated carbocycles. The smallest absolute Gasteiger partial charge is 0.343 e. The molecule has 1 heterocycles. The number of ether oxygens (including phenoxy) is 1. The number of hydrogen-bond donors (Lipinski definition) is 1. The Morgan fingerprint density at radius 2 is 1.73 bits per heavy atom. The Bertz CT molecular complexity index is 1230. The number of nitrogens with one attached hydrogen (secondary N) is 1. The fourth-order valence-corrected chi connectivity index (χ4v) is 3.14. The van der Waals surface area contributed by atoms with Crippen LogP contribution in [0, 0.1) is 24.0 Å². The van der Waals surface area contributed by atoms with Gasteiger partial charge in [0.2, 0.25) is 0 Å². The van der Waals surface area contributed by atoms with Crippen LogP contribution >= 0.6 is 15.9 Å². The second kappa shape index (κ2) is 10.2. The van der Waals surface area contributed by atoms with E-state index in [1.165, 1.54) is 24.3 Å². The molecule has 170 valence electrons. The quantitative estimate of drug-likeness (QED) is 0.167. The molecule has 1 amide bonds. The summed E-state index contributed by atoms with van der Waals surface area (Å²) >= 11 is 3.43. The highest BCUT2D eigenvalue weighted by Gasteiger charge is 2.13. The minimum Gasteiger partial charge on any atom is -0.423 e. The van der Waals surface area contributed by atoms with Crippen molar-refractivity contribution >= 4 is 39.2 Å². The molecule has 0 fully saturated rings. The van der Waals surface area contributed by atoms with Gasteiger partial charge >= 0.3 is 5.97 Å². The highest BCUT2D eigenvalue weighted by atomic mass is 79.9. The molecule has 1 aromatic heterocycles. The lowest BCUT2D eigenvalue weighted by atomic mass is 10.1. The summed E-state index contributed by atoms with van der Waals surface area (Å²) in [4.78, 5) is 34.6. The average molecular weight is 514 g/mol. The maximum atomic E-state index is 12.2. The van der Waals surface area contributed by atoms with E-state index in [2.05, 4.69) is 31.6 Å². The minimum absolute atomic E-state index is 0.0343. The Balaban J connectivity index is 1.58. The van der Waals surface area contributed by atoms with Crippen LogP contribution in [0.3, 0.4) is 0 Å². The van der Waals surface area contributed by atoms with Gasteiger partial charge in [-0.3, -0.25) is 19.6 Å². The number of carbonyl (C=O) groups is 2. The second-order valence-corrected chi connectivity index (χ2v) is 7.89. The van der Waals surface area contributed by atoms with Gasteiger partial charge in [-0.2, -0.15) is 10.2 Å². The topological polar surface area (TPSA) is 129 Å². The first-order chi connectivity index (χ1) is 15.7. The van der Waals surface area contributed by atoms with Crippen LogP contribution in [0.15, 0.2) is 58.1 Å². The fraction of sp³-hybridized carbons (Fsp3) is 0.182. The van der Waals surface area contributed by atoms with Crippen molar-refractivity contribution < 1.29 is 19.2 Å². The number of halogens is 1. The zero-order valence-electron chi connectivity index (χ0n) is 18.0. The van der Waals surface area contributed by atoms with E-state index in [1.54, 1.807) is 35.9 Å². The summed E-state index contributed by atoms with van der Waals surface area (Å²) in [6.45, 7) is 5.48. The Morgan fingerprint density at radius 1 is 1.12 bits per heavy atom. The zero-order valence-corrected chi connectivity index (χ0v) is 19.6. The predicted molar refractivity (Wildman–Crippen MR) is 124 cm³/mol. The molecular formula is C22H20BrN5O5. The highest BCUT2D eigenvalue weighted by Crippen LogP contribution is 2.20. The van der Waals surface area contributed by atoms with Crippen molar-refractivity contribution in [2.24, 2.45) is 5.10 Å². The maximum Gasteiger partial charge on any atom is 0.343 e. The lowest BCUT2D eigenvalue weighted by Crippen LogP contribution is -2.25. The van der Waals surface area contributed by atoms with Crippen molar-refractivity contribution in [2.45, 2.75) is 27.3 Å². The Kier molecular flexibility index (Phi) is 7.34. The van der Waals surface area contributed by atoms with Gasteiger partial charge in [-0.05, 0) is 78.7 Å². The second-order valence-electron chi connectivity index (χ2n) is 7.09. The van der Waals surface area contributed by atoms with E-state index in [0.717, 1.165) is 21.4 Å². The summed E-state index contributed by atoms with van der Waals surface area (Å²) in [7, 11) is 0. The van der Waals surface area contributed by atoms with E-state index in [4.69, 9.17) is 4.74 Å². The Hall–Kier alpha value is -3.86. The number of nitro groups is 1. The average Bonchev–Trinajstić information content (AvgIpc) is 3.04. The first-order valence-electron chi connectivity index (χ1n) is 9.75. The summed E-state index contributed by atoms with van der Waals surface area (Å²) < 4.78 is 7.75. The van der Waals surface area contributed by atoms with Crippen LogP contribution < -0.4 is 10.2 Å². The summed E-state index contributed by atoms with van der Waals surface area (Å²) in [6.07, 6.45) is 0. The Morgan fingerprint density at radius 3 is 2.27 bits per heavy atom. The molecule has 0 atom stereocenters. The molecule has 1 N–H and O–H groups in total. The van der Waals surface area contributed by atoms with E-state index >= 15 is 0 Å². The summed E-state index contributed by atoms with van der Waals surface area (Å²) in [5.74, 6) is -0.652. The number of hydrazone groups is 1. The molecule has 0 aliphatic rings. The van der Waals surface area contributed by atoms with Crippen LogP contribution in [0.1, 0.15) is 34.2 Å². The number of nitrogens with zero attached hydrogens (tertiary/aromatic N) is 4. The molecule has 33 heavy (non-hydrogen) atoms. The van der Waals surface area contributed by atoms with Crippen LogP contribution in [0.5, 0.6) is 5.75 Å². The van der Waals surface area contributed by atoms with Gasteiger partial charge in [0.25, 0.3) is 11.6 Å². The number of benzene rings is 2. The number of non-ortho nitro benzene ring substituents is 1. The monoisotopic (exact) mass is 513 g/mol. The van der Waals surface area contributed by atoms with Crippen molar-refractivity contribution in [3.8, 4) is 5.75 Å². The van der Waals surface area contributed by atoms with Gasteiger partial charge in [-0.25, -0.2) is 10.2 Å². The normalized spacial score (nSPS) is 11.2. The third-order valence-corrected chi connectivity index (χ3v) is 5.88. The highest BCUT2D eigenvalue weighted by molar-refractivity contribution is 9.10. The standard InChI is InChI=1S/C22H20BrN5O5/c1-13(24-25-20(29)12-27-15(3)21(23)14(2)26-27)16-6-10-19(11-7-16)33-22(30)17-4-8-18(9-5-17)28(31)32/h4-11H,12H2,1-3H3,(H,25,29)/b24-13+. The molecule has 0 radical (unpaired) electrons. The molecule has 3 rings (SSSR count). The van der Waals surface area contributed by atoms with Crippen molar-refractivity contribution in [3.63, 3.8) is 0 Å². The third-order valence-electron chi connectivity index (χ3n) is 4.73. The summed E-state index contributed by atoms with van der Waals surface area (Å²) in [6, 6.07) is 11.7. The van der Waals surface area contributed by atoms with Gasteiger partial charge in [0.05, 0.1) is 32.1 Å². The molecule has 0 unspecified atom stereocenters. The van der Waals surface area contributed by atoms with Crippen LogP contribution in [0.4, 0.5) is 5.69 Å². The molecule has 3 aromatic rings. The number of amides is 1. The SMILES string of the molecule is C/C(=N\NC(=O)Cn1nc(C)c(Br)c1C)c1ccc(OC(=O)c2ccc([N+](=O)[O-])cc2)cc1. The Labute approximate surface area is 197 Å². The largest absolute Gasteiger partial charge is 0.423 e. The molecular weight excluding hydrogens is 494 g/mol. The fourth-order valence-electron chi connectivity index (χ4n) is 2.86. The summed E-state index contributed by atoms with van der Waals surface area (Å²) in [5, 5.41) is 19.1. The van der Waals surface area contributed by atoms with Gasteiger partial charge in [0.1, 0.15) is 12.3 Å². The van der Waals surface area contributed by atoms with Crippen LogP contribution in [-0.4, -0.2) is 32.3 Å². The summed E-state index contributed by atoms with van der Waals surface area (Å²) in [5.41, 5.74) is 5.52. The van der Waals surface area contributed by atoms with E-state index in [-0.39, 0.29) is 23.7 Å². The lowest BCUT2D eigenvalue weighted by molar-refractivity contribution is -0.384. The van der Waals surface area contributed by atoms with Crippen molar-refractivity contribution in [1.82, 2.24) is 15.2 Å². The predicted octanol–water partition coefficient (Wildman–Crippen LogP) is 3.93. The molecule has 10 nitrogen and oxygen atoms in total. The van der Waals surface area contributed by atoms with Crippen molar-refractivity contribution in [1.29, 1.82) is 0 Å². The van der Waals surface area contributed by atoms with E-state index < -0.39 is 10.9 Å². The number of nitro benzene ring substituents is 1. The number of hydrogen-bond acceptors (Lipinski definition) is 7. The van der Waals surface area contributed by atoms with Crippen LogP contribution in [0.2, 0.25) is 0 Å².